The van der Waals surface area contributed by atoms with Crippen LogP contribution in [0.1, 0.15) is 36.9 Å². The fourth-order valence-corrected chi connectivity index (χ4v) is 6.48. The fourth-order valence-electron chi connectivity index (χ4n) is 5.29. The van der Waals surface area contributed by atoms with Crippen molar-refractivity contribution in [2.75, 3.05) is 29.0 Å². The summed E-state index contributed by atoms with van der Waals surface area (Å²) in [4.78, 5) is 36.4. The predicted octanol–water partition coefficient (Wildman–Crippen LogP) is 3.36. The lowest BCUT2D eigenvalue weighted by Gasteiger charge is -2.42. The van der Waals surface area contributed by atoms with Gasteiger partial charge in [0.15, 0.2) is 5.82 Å². The third-order valence-corrected chi connectivity index (χ3v) is 8.89. The van der Waals surface area contributed by atoms with Crippen LogP contribution < -0.4 is 27.2 Å². The number of hydrogen-bond acceptors (Lipinski definition) is 8. The van der Waals surface area contributed by atoms with Crippen LogP contribution in [0, 0.1) is 5.41 Å². The van der Waals surface area contributed by atoms with Crippen molar-refractivity contribution >= 4 is 46.9 Å². The molecule has 36 heavy (non-hydrogen) atoms. The van der Waals surface area contributed by atoms with Gasteiger partial charge >= 0.3 is 0 Å². The Morgan fingerprint density at radius 1 is 1.25 bits per heavy atom. The first kappa shape index (κ1) is 24.6. The molecule has 1 saturated heterocycles. The number of amides is 1. The van der Waals surface area contributed by atoms with E-state index in [0.717, 1.165) is 44.1 Å². The summed E-state index contributed by atoms with van der Waals surface area (Å²) in [6.07, 6.45) is 4.31. The Kier molecular flexibility index (Phi) is 6.44. The summed E-state index contributed by atoms with van der Waals surface area (Å²) < 4.78 is 1.53. The van der Waals surface area contributed by atoms with Crippen LogP contribution in [-0.2, 0) is 18.3 Å². The number of carbonyl (C=O) groups excluding carboxylic acids is 1. The molecule has 9 nitrogen and oxygen atoms in total. The number of nitrogens with zero attached hydrogens (tertiary/aromatic N) is 4. The van der Waals surface area contributed by atoms with Crippen LogP contribution in [0.4, 0.5) is 17.6 Å². The van der Waals surface area contributed by atoms with Crippen molar-refractivity contribution < 1.29 is 4.79 Å². The second-order valence-corrected chi connectivity index (χ2v) is 10.9. The summed E-state index contributed by atoms with van der Waals surface area (Å²) in [6, 6.07) is 10.1. The van der Waals surface area contributed by atoms with Gasteiger partial charge in [0.2, 0.25) is 11.9 Å². The molecule has 0 unspecified atom stereocenters. The van der Waals surface area contributed by atoms with Crippen LogP contribution >= 0.6 is 23.4 Å². The number of halogens is 1. The molecule has 1 spiro atoms. The maximum atomic E-state index is 13.3. The van der Waals surface area contributed by atoms with Crippen molar-refractivity contribution in [3.63, 3.8) is 0 Å². The van der Waals surface area contributed by atoms with Crippen LogP contribution in [-0.4, -0.2) is 33.5 Å². The second-order valence-electron chi connectivity index (χ2n) is 9.45. The number of nitrogens with one attached hydrogen (secondary N) is 1. The molecule has 1 aliphatic heterocycles. The number of piperidine rings is 1. The van der Waals surface area contributed by atoms with E-state index in [2.05, 4.69) is 44.5 Å². The Bertz CT molecular complexity index is 1400. The molecule has 1 atom stereocenters. The minimum absolute atomic E-state index is 0.0176. The largest absolute Gasteiger partial charge is 0.382 e. The second kappa shape index (κ2) is 9.42. The lowest BCUT2D eigenvalue weighted by molar-refractivity contribution is -0.114. The molecular formula is C25H28ClN7O2S. The Hall–Kier alpha value is -3.08. The average molecular weight is 526 g/mol. The summed E-state index contributed by atoms with van der Waals surface area (Å²) >= 11 is 7.53. The molecule has 0 saturated carbocycles. The van der Waals surface area contributed by atoms with Gasteiger partial charge in [0.1, 0.15) is 10.7 Å². The molecule has 5 rings (SSSR count). The van der Waals surface area contributed by atoms with Gasteiger partial charge < -0.3 is 21.7 Å². The highest BCUT2D eigenvalue weighted by molar-refractivity contribution is 7.99. The molecule has 1 amide bonds. The maximum absolute atomic E-state index is 13.3. The van der Waals surface area contributed by atoms with Crippen LogP contribution in [0.5, 0.6) is 0 Å². The van der Waals surface area contributed by atoms with Crippen LogP contribution in [0.2, 0.25) is 5.02 Å². The molecule has 188 valence electrons. The predicted molar refractivity (Wildman–Crippen MR) is 143 cm³/mol. The molecule has 0 radical (unpaired) electrons. The van der Waals surface area contributed by atoms with E-state index in [1.54, 1.807) is 13.1 Å². The van der Waals surface area contributed by atoms with Crippen LogP contribution in [0.25, 0.3) is 0 Å². The third-order valence-electron chi connectivity index (χ3n) is 7.25. The van der Waals surface area contributed by atoms with Crippen LogP contribution in [0.15, 0.2) is 51.1 Å². The first-order valence-corrected chi connectivity index (χ1v) is 12.9. The molecule has 2 aliphatic rings. The minimum Gasteiger partial charge on any atom is -0.382 e. The zero-order valence-corrected chi connectivity index (χ0v) is 21.7. The molecule has 1 aromatic carbocycles. The Balaban J connectivity index is 1.37. The maximum Gasteiger partial charge on any atom is 0.270 e. The summed E-state index contributed by atoms with van der Waals surface area (Å²) in [6.45, 7) is 2.85. The monoisotopic (exact) mass is 525 g/mol. The van der Waals surface area contributed by atoms with Gasteiger partial charge in [-0.25, -0.2) is 4.98 Å². The summed E-state index contributed by atoms with van der Waals surface area (Å²) in [5.74, 6) is 0.611. The smallest absolute Gasteiger partial charge is 0.270 e. The zero-order valence-electron chi connectivity index (χ0n) is 20.1. The number of nitrogen functional groups attached to an aromatic ring is 1. The molecule has 1 aliphatic carbocycles. The lowest BCUT2D eigenvalue weighted by Crippen LogP contribution is -2.46. The van der Waals surface area contributed by atoms with Crippen molar-refractivity contribution in [1.82, 2.24) is 14.5 Å². The van der Waals surface area contributed by atoms with Crippen molar-refractivity contribution in [2.45, 2.75) is 42.0 Å². The van der Waals surface area contributed by atoms with Crippen molar-refractivity contribution in [2.24, 2.45) is 18.2 Å². The summed E-state index contributed by atoms with van der Waals surface area (Å²) in [5, 5.41) is 2.82. The van der Waals surface area contributed by atoms with E-state index in [4.69, 9.17) is 23.1 Å². The van der Waals surface area contributed by atoms with Gasteiger partial charge in [-0.15, -0.1) is 0 Å². The fraction of sp³-hybridized carbons (Fsp3) is 0.360. The Morgan fingerprint density at radius 2 is 1.97 bits per heavy atom. The molecule has 2 aromatic heterocycles. The number of nitrogens with two attached hydrogens (primary N) is 2. The molecule has 3 aromatic rings. The molecular weight excluding hydrogens is 498 g/mol. The molecule has 1 fully saturated rings. The van der Waals surface area contributed by atoms with Gasteiger partial charge in [0, 0.05) is 44.2 Å². The number of benzene rings is 1. The molecule has 3 heterocycles. The zero-order chi connectivity index (χ0) is 25.6. The normalized spacial score (nSPS) is 18.3. The number of carbonyl (C=O) groups is 1. The molecule has 0 bridgehead atoms. The quantitative estimate of drug-likeness (QED) is 0.472. The van der Waals surface area contributed by atoms with Crippen molar-refractivity contribution in [3.05, 3.63) is 63.0 Å². The number of rotatable bonds is 4. The van der Waals surface area contributed by atoms with E-state index in [-0.39, 0.29) is 44.5 Å². The van der Waals surface area contributed by atoms with E-state index >= 15 is 0 Å². The first-order chi connectivity index (χ1) is 17.2. The topological polar surface area (TPSA) is 132 Å². The molecule has 11 heteroatoms. The highest BCUT2D eigenvalue weighted by Gasteiger charge is 2.46. The third kappa shape index (κ3) is 4.23. The first-order valence-electron chi connectivity index (χ1n) is 11.7. The van der Waals surface area contributed by atoms with E-state index in [0.29, 0.717) is 10.8 Å². The van der Waals surface area contributed by atoms with Gasteiger partial charge in [0.05, 0.1) is 5.02 Å². The van der Waals surface area contributed by atoms with Crippen molar-refractivity contribution in [3.8, 4) is 0 Å². The lowest BCUT2D eigenvalue weighted by atomic mass is 9.73. The number of aromatic nitrogens is 3. The SMILES string of the molecule is CC(=O)Nc1nccc(Sc2c(N)nc(N3CCC4(CC3)Cc3ccccc3[C@H]4N)n(C)c2=O)c1Cl. The number of fused-ring (bicyclic) bond motifs is 1. The highest BCUT2D eigenvalue weighted by atomic mass is 35.5. The number of hydrogen-bond donors (Lipinski definition) is 3. The minimum atomic E-state index is -0.293. The summed E-state index contributed by atoms with van der Waals surface area (Å²) in [5.41, 5.74) is 15.4. The summed E-state index contributed by atoms with van der Waals surface area (Å²) in [7, 11) is 1.70. The van der Waals surface area contributed by atoms with Gasteiger partial charge in [-0.1, -0.05) is 47.6 Å². The average Bonchev–Trinajstić information content (AvgIpc) is 3.13. The number of pyridine rings is 1. The Labute approximate surface area is 218 Å². The highest BCUT2D eigenvalue weighted by Crippen LogP contribution is 2.51. The van der Waals surface area contributed by atoms with Gasteiger partial charge in [0.25, 0.3) is 5.56 Å². The van der Waals surface area contributed by atoms with Gasteiger partial charge in [-0.05, 0) is 41.9 Å². The van der Waals surface area contributed by atoms with Crippen molar-refractivity contribution in [1.29, 1.82) is 0 Å². The Morgan fingerprint density at radius 3 is 2.67 bits per heavy atom. The van der Waals surface area contributed by atoms with Gasteiger partial charge in [-0.3, -0.25) is 14.2 Å². The van der Waals surface area contributed by atoms with E-state index < -0.39 is 0 Å². The van der Waals surface area contributed by atoms with E-state index in [1.165, 1.54) is 28.8 Å². The van der Waals surface area contributed by atoms with Gasteiger partial charge in [-0.2, -0.15) is 4.98 Å². The standard InChI is InChI=1S/C25H28ClN7O2S/c1-14(34)30-22-18(26)17(7-10-29-22)36-19-21(28)31-24(32(2)23(19)35)33-11-8-25(9-12-33)13-15-5-3-4-6-16(15)20(25)27/h3-7,10,20H,8-9,11-13,27-28H2,1-2H3,(H,29,30,34)/t20-/m1/s1. The molecule has 5 N–H and O–H groups in total. The van der Waals surface area contributed by atoms with E-state index in [9.17, 15) is 9.59 Å². The van der Waals surface area contributed by atoms with E-state index in [1.807, 2.05) is 0 Å². The number of anilines is 3. The van der Waals surface area contributed by atoms with Crippen LogP contribution in [0.3, 0.4) is 0 Å².